The number of aryl methyl sites for hydroxylation is 2. The van der Waals surface area contributed by atoms with Crippen molar-refractivity contribution in [3.63, 3.8) is 0 Å². The van der Waals surface area contributed by atoms with Crippen LogP contribution in [-0.4, -0.2) is 25.0 Å². The van der Waals surface area contributed by atoms with Crippen molar-refractivity contribution >= 4 is 5.91 Å². The molecule has 19 heavy (non-hydrogen) atoms. The van der Waals surface area contributed by atoms with Crippen LogP contribution in [0.4, 0.5) is 0 Å². The highest BCUT2D eigenvalue weighted by atomic mass is 16.1. The van der Waals surface area contributed by atoms with Crippen LogP contribution in [0.5, 0.6) is 0 Å². The van der Waals surface area contributed by atoms with E-state index in [4.69, 9.17) is 0 Å². The Kier molecular flexibility index (Phi) is 4.97. The molecule has 1 aliphatic heterocycles. The van der Waals surface area contributed by atoms with Crippen LogP contribution in [0.15, 0.2) is 18.2 Å². The average Bonchev–Trinajstić information content (AvgIpc) is 2.87. The van der Waals surface area contributed by atoms with Crippen LogP contribution in [0.2, 0.25) is 0 Å². The molecule has 0 spiro atoms. The minimum absolute atomic E-state index is 0.126. The van der Waals surface area contributed by atoms with E-state index in [2.05, 4.69) is 36.6 Å². The first-order valence-corrected chi connectivity index (χ1v) is 7.21. The summed E-state index contributed by atoms with van der Waals surface area (Å²) in [5.74, 6) is 0.126. The number of carbonyl (C=O) groups excluding carboxylic acids is 1. The molecule has 2 rings (SSSR count). The molecule has 0 aliphatic carbocycles. The SMILES string of the molecule is Cc1ccc(CC(=O)NCC[C@@H]2CCCN2)cc1C. The van der Waals surface area contributed by atoms with Gasteiger partial charge in [-0.3, -0.25) is 4.79 Å². The minimum atomic E-state index is 0.126. The maximum Gasteiger partial charge on any atom is 0.224 e. The van der Waals surface area contributed by atoms with Crippen molar-refractivity contribution in [2.45, 2.75) is 45.6 Å². The van der Waals surface area contributed by atoms with Gasteiger partial charge in [-0.25, -0.2) is 0 Å². The number of hydrogen-bond acceptors (Lipinski definition) is 2. The lowest BCUT2D eigenvalue weighted by molar-refractivity contribution is -0.120. The second-order valence-corrected chi connectivity index (χ2v) is 5.53. The van der Waals surface area contributed by atoms with Crippen molar-refractivity contribution in [3.8, 4) is 0 Å². The van der Waals surface area contributed by atoms with Gasteiger partial charge in [0, 0.05) is 12.6 Å². The summed E-state index contributed by atoms with van der Waals surface area (Å²) < 4.78 is 0. The quantitative estimate of drug-likeness (QED) is 0.851. The smallest absolute Gasteiger partial charge is 0.224 e. The van der Waals surface area contributed by atoms with E-state index in [9.17, 15) is 4.79 Å². The Bertz CT molecular complexity index is 436. The third-order valence-corrected chi connectivity index (χ3v) is 3.91. The summed E-state index contributed by atoms with van der Waals surface area (Å²) in [6, 6.07) is 6.83. The summed E-state index contributed by atoms with van der Waals surface area (Å²) in [6.07, 6.45) is 4.03. The maximum absolute atomic E-state index is 11.9. The van der Waals surface area contributed by atoms with E-state index in [1.807, 2.05) is 6.07 Å². The van der Waals surface area contributed by atoms with Gasteiger partial charge in [0.25, 0.3) is 0 Å². The summed E-state index contributed by atoms with van der Waals surface area (Å²) in [4.78, 5) is 11.9. The Morgan fingerprint density at radius 3 is 2.89 bits per heavy atom. The Labute approximate surface area is 115 Å². The predicted octanol–water partition coefficient (Wildman–Crippen LogP) is 2.10. The highest BCUT2D eigenvalue weighted by molar-refractivity contribution is 5.78. The lowest BCUT2D eigenvalue weighted by Gasteiger charge is -2.11. The monoisotopic (exact) mass is 260 g/mol. The zero-order chi connectivity index (χ0) is 13.7. The van der Waals surface area contributed by atoms with Gasteiger partial charge in [-0.2, -0.15) is 0 Å². The van der Waals surface area contributed by atoms with E-state index in [0.717, 1.165) is 25.1 Å². The molecule has 0 bridgehead atoms. The van der Waals surface area contributed by atoms with Crippen LogP contribution in [0.1, 0.15) is 36.0 Å². The Morgan fingerprint density at radius 2 is 2.21 bits per heavy atom. The van der Waals surface area contributed by atoms with Crippen LogP contribution < -0.4 is 10.6 Å². The van der Waals surface area contributed by atoms with Gasteiger partial charge in [0.15, 0.2) is 0 Å². The Hall–Kier alpha value is -1.35. The Morgan fingerprint density at radius 1 is 1.37 bits per heavy atom. The number of amides is 1. The van der Waals surface area contributed by atoms with Gasteiger partial charge in [0.2, 0.25) is 5.91 Å². The van der Waals surface area contributed by atoms with E-state index in [1.165, 1.54) is 24.0 Å². The molecular formula is C16H24N2O. The zero-order valence-electron chi connectivity index (χ0n) is 12.0. The molecule has 3 heteroatoms. The molecule has 1 aromatic rings. The third kappa shape index (κ3) is 4.35. The van der Waals surface area contributed by atoms with Gasteiger partial charge >= 0.3 is 0 Å². The molecular weight excluding hydrogens is 236 g/mol. The summed E-state index contributed by atoms with van der Waals surface area (Å²) in [5, 5.41) is 6.46. The van der Waals surface area contributed by atoms with E-state index in [-0.39, 0.29) is 5.91 Å². The molecule has 1 saturated heterocycles. The minimum Gasteiger partial charge on any atom is -0.356 e. The summed E-state index contributed by atoms with van der Waals surface area (Å²) in [5.41, 5.74) is 3.62. The van der Waals surface area contributed by atoms with Crippen molar-refractivity contribution < 1.29 is 4.79 Å². The van der Waals surface area contributed by atoms with Crippen LogP contribution in [0.3, 0.4) is 0 Å². The fraction of sp³-hybridized carbons (Fsp3) is 0.562. The zero-order valence-corrected chi connectivity index (χ0v) is 12.0. The van der Waals surface area contributed by atoms with Crippen LogP contribution in [0.25, 0.3) is 0 Å². The van der Waals surface area contributed by atoms with Gasteiger partial charge < -0.3 is 10.6 Å². The molecule has 0 aromatic heterocycles. The number of carbonyl (C=O) groups is 1. The van der Waals surface area contributed by atoms with E-state index in [0.29, 0.717) is 12.5 Å². The maximum atomic E-state index is 11.9. The fourth-order valence-corrected chi connectivity index (χ4v) is 2.55. The normalized spacial score (nSPS) is 18.5. The average molecular weight is 260 g/mol. The summed E-state index contributed by atoms with van der Waals surface area (Å²) in [6.45, 7) is 6.08. The van der Waals surface area contributed by atoms with Crippen molar-refractivity contribution in [1.29, 1.82) is 0 Å². The van der Waals surface area contributed by atoms with E-state index in [1.54, 1.807) is 0 Å². The van der Waals surface area contributed by atoms with E-state index >= 15 is 0 Å². The van der Waals surface area contributed by atoms with Crippen molar-refractivity contribution in [2.24, 2.45) is 0 Å². The molecule has 1 aromatic carbocycles. The van der Waals surface area contributed by atoms with Crippen molar-refractivity contribution in [3.05, 3.63) is 34.9 Å². The van der Waals surface area contributed by atoms with Gasteiger partial charge in [-0.1, -0.05) is 18.2 Å². The molecule has 1 amide bonds. The fourth-order valence-electron chi connectivity index (χ4n) is 2.55. The summed E-state index contributed by atoms with van der Waals surface area (Å²) in [7, 11) is 0. The van der Waals surface area contributed by atoms with Crippen LogP contribution >= 0.6 is 0 Å². The van der Waals surface area contributed by atoms with Gasteiger partial charge in [0.05, 0.1) is 6.42 Å². The van der Waals surface area contributed by atoms with E-state index < -0.39 is 0 Å². The Balaban J connectivity index is 1.72. The molecule has 1 aliphatic rings. The topological polar surface area (TPSA) is 41.1 Å². The largest absolute Gasteiger partial charge is 0.356 e. The molecule has 104 valence electrons. The first kappa shape index (κ1) is 14.1. The van der Waals surface area contributed by atoms with Crippen LogP contribution in [-0.2, 0) is 11.2 Å². The molecule has 0 saturated carbocycles. The molecule has 1 atom stereocenters. The summed E-state index contributed by atoms with van der Waals surface area (Å²) >= 11 is 0. The second-order valence-electron chi connectivity index (χ2n) is 5.53. The second kappa shape index (κ2) is 6.71. The van der Waals surface area contributed by atoms with Gasteiger partial charge in [-0.15, -0.1) is 0 Å². The van der Waals surface area contributed by atoms with Gasteiger partial charge in [-0.05, 0) is 56.3 Å². The number of benzene rings is 1. The molecule has 0 radical (unpaired) electrons. The first-order chi connectivity index (χ1) is 9.15. The highest BCUT2D eigenvalue weighted by Crippen LogP contribution is 2.10. The van der Waals surface area contributed by atoms with Crippen molar-refractivity contribution in [2.75, 3.05) is 13.1 Å². The van der Waals surface area contributed by atoms with Crippen LogP contribution in [0, 0.1) is 13.8 Å². The predicted molar refractivity (Wildman–Crippen MR) is 78.3 cm³/mol. The third-order valence-electron chi connectivity index (χ3n) is 3.91. The molecule has 3 nitrogen and oxygen atoms in total. The lowest BCUT2D eigenvalue weighted by Crippen LogP contribution is -2.31. The molecule has 0 unspecified atom stereocenters. The highest BCUT2D eigenvalue weighted by Gasteiger charge is 2.13. The molecule has 2 N–H and O–H groups in total. The number of rotatable bonds is 5. The number of hydrogen-bond donors (Lipinski definition) is 2. The first-order valence-electron chi connectivity index (χ1n) is 7.21. The number of nitrogens with one attached hydrogen (secondary N) is 2. The van der Waals surface area contributed by atoms with Crippen molar-refractivity contribution in [1.82, 2.24) is 10.6 Å². The standard InChI is InChI=1S/C16H24N2O/c1-12-5-6-14(10-13(12)2)11-16(19)18-9-7-15-4-3-8-17-15/h5-6,10,15,17H,3-4,7-9,11H2,1-2H3,(H,18,19)/t15-/m0/s1. The molecule has 1 fully saturated rings. The van der Waals surface area contributed by atoms with Gasteiger partial charge in [0.1, 0.15) is 0 Å². The molecule has 1 heterocycles. The lowest BCUT2D eigenvalue weighted by atomic mass is 10.0.